The van der Waals surface area contributed by atoms with E-state index < -0.39 is 11.9 Å². The van der Waals surface area contributed by atoms with Crippen LogP contribution in [0.4, 0.5) is 5.00 Å². The van der Waals surface area contributed by atoms with Crippen molar-refractivity contribution in [3.05, 3.63) is 45.8 Å². The maximum atomic E-state index is 12.2. The molecular weight excluding hydrogens is 360 g/mol. The van der Waals surface area contributed by atoms with E-state index in [-0.39, 0.29) is 34.2 Å². The lowest BCUT2D eigenvalue weighted by molar-refractivity contribution is 0.0452. The summed E-state index contributed by atoms with van der Waals surface area (Å²) in [5.41, 5.74) is 6.58. The second-order valence-electron chi connectivity index (χ2n) is 4.79. The molecule has 0 atom stereocenters. The van der Waals surface area contributed by atoms with Crippen LogP contribution in [0.15, 0.2) is 29.2 Å². The zero-order valence-corrected chi connectivity index (χ0v) is 15.3. The molecule has 0 saturated carbocycles. The second-order valence-corrected chi connectivity index (χ2v) is 6.72. The summed E-state index contributed by atoms with van der Waals surface area (Å²) in [6.45, 7) is 1.64. The maximum absolute atomic E-state index is 12.2. The molecule has 0 saturated heterocycles. The SMILES string of the molecule is CCOC(=O)c1sc(N)c(C#N)c1COC(=O)c1ccc(SC)cc1. The summed E-state index contributed by atoms with van der Waals surface area (Å²) in [6.07, 6.45) is 1.94. The topological polar surface area (TPSA) is 102 Å². The molecule has 0 aliphatic heterocycles. The van der Waals surface area contributed by atoms with Gasteiger partial charge in [0.05, 0.1) is 17.7 Å². The van der Waals surface area contributed by atoms with Gasteiger partial charge >= 0.3 is 11.9 Å². The largest absolute Gasteiger partial charge is 0.462 e. The highest BCUT2D eigenvalue weighted by Crippen LogP contribution is 2.32. The van der Waals surface area contributed by atoms with Crippen molar-refractivity contribution in [3.63, 3.8) is 0 Å². The Balaban J connectivity index is 2.20. The standard InChI is InChI=1S/C17H16N2O4S2/c1-3-22-17(21)14-13(12(8-18)15(19)25-14)9-23-16(20)10-4-6-11(24-2)7-5-10/h4-7H,3,9,19H2,1-2H3. The van der Waals surface area contributed by atoms with Crippen LogP contribution < -0.4 is 5.73 Å². The minimum absolute atomic E-state index is 0.138. The van der Waals surface area contributed by atoms with Crippen LogP contribution in [0.5, 0.6) is 0 Å². The van der Waals surface area contributed by atoms with Gasteiger partial charge in [0.2, 0.25) is 0 Å². The molecule has 1 aromatic carbocycles. The summed E-state index contributed by atoms with van der Waals surface area (Å²) < 4.78 is 10.2. The van der Waals surface area contributed by atoms with E-state index in [1.54, 1.807) is 30.8 Å². The van der Waals surface area contributed by atoms with Gasteiger partial charge in [-0.1, -0.05) is 0 Å². The van der Waals surface area contributed by atoms with Gasteiger partial charge in [-0.15, -0.1) is 23.1 Å². The fraction of sp³-hybridized carbons (Fsp3) is 0.235. The van der Waals surface area contributed by atoms with Gasteiger partial charge in [0.1, 0.15) is 22.6 Å². The van der Waals surface area contributed by atoms with Gasteiger partial charge in [0, 0.05) is 10.5 Å². The Kier molecular flexibility index (Phi) is 6.44. The van der Waals surface area contributed by atoms with E-state index in [0.717, 1.165) is 16.2 Å². The van der Waals surface area contributed by atoms with Gasteiger partial charge in [-0.3, -0.25) is 0 Å². The Labute approximate surface area is 153 Å². The first kappa shape index (κ1) is 18.8. The lowest BCUT2D eigenvalue weighted by atomic mass is 10.1. The minimum atomic E-state index is -0.587. The van der Waals surface area contributed by atoms with E-state index in [4.69, 9.17) is 15.2 Å². The number of carbonyl (C=O) groups excluding carboxylic acids is 2. The highest BCUT2D eigenvalue weighted by molar-refractivity contribution is 7.98. The van der Waals surface area contributed by atoms with Crippen molar-refractivity contribution in [1.29, 1.82) is 5.26 Å². The predicted octanol–water partition coefficient (Wildman–Crippen LogP) is 3.46. The minimum Gasteiger partial charge on any atom is -0.462 e. The molecule has 0 aliphatic rings. The molecule has 0 spiro atoms. The molecule has 2 rings (SSSR count). The van der Waals surface area contributed by atoms with Crippen LogP contribution in [0, 0.1) is 11.3 Å². The summed E-state index contributed by atoms with van der Waals surface area (Å²) >= 11 is 2.52. The van der Waals surface area contributed by atoms with Crippen LogP contribution in [0.2, 0.25) is 0 Å². The molecule has 130 valence electrons. The zero-order valence-electron chi connectivity index (χ0n) is 13.7. The molecule has 1 aromatic heterocycles. The number of benzene rings is 1. The van der Waals surface area contributed by atoms with Crippen molar-refractivity contribution in [2.75, 3.05) is 18.6 Å². The number of anilines is 1. The third-order valence-electron chi connectivity index (χ3n) is 3.28. The van der Waals surface area contributed by atoms with Gasteiger partial charge in [0.15, 0.2) is 0 Å². The molecule has 0 unspecified atom stereocenters. The Hall–Kier alpha value is -2.50. The van der Waals surface area contributed by atoms with E-state index >= 15 is 0 Å². The molecule has 8 heteroatoms. The fourth-order valence-corrected chi connectivity index (χ4v) is 3.38. The molecular formula is C17H16N2O4S2. The number of nitrogen functional groups attached to an aromatic ring is 1. The average Bonchev–Trinajstić information content (AvgIpc) is 2.95. The van der Waals surface area contributed by atoms with Gasteiger partial charge in [-0.25, -0.2) is 9.59 Å². The molecule has 2 aromatic rings. The quantitative estimate of drug-likeness (QED) is 0.608. The van der Waals surface area contributed by atoms with E-state index in [1.165, 1.54) is 0 Å². The third kappa shape index (κ3) is 4.32. The smallest absolute Gasteiger partial charge is 0.348 e. The highest BCUT2D eigenvalue weighted by Gasteiger charge is 2.24. The number of rotatable bonds is 6. The molecule has 0 fully saturated rings. The molecule has 0 radical (unpaired) electrons. The van der Waals surface area contributed by atoms with E-state index in [9.17, 15) is 14.9 Å². The predicted molar refractivity (Wildman–Crippen MR) is 96.7 cm³/mol. The number of hydrogen-bond donors (Lipinski definition) is 1. The van der Waals surface area contributed by atoms with Crippen molar-refractivity contribution in [2.24, 2.45) is 0 Å². The Morgan fingerprint density at radius 2 is 1.92 bits per heavy atom. The van der Waals surface area contributed by atoms with Gasteiger partial charge in [0.25, 0.3) is 0 Å². The Morgan fingerprint density at radius 3 is 2.48 bits per heavy atom. The number of nitriles is 1. The normalized spacial score (nSPS) is 10.1. The molecule has 0 aliphatic carbocycles. The highest BCUT2D eigenvalue weighted by atomic mass is 32.2. The second kappa shape index (κ2) is 8.55. The van der Waals surface area contributed by atoms with E-state index in [2.05, 4.69) is 0 Å². The summed E-state index contributed by atoms with van der Waals surface area (Å²) in [4.78, 5) is 25.4. The van der Waals surface area contributed by atoms with E-state index in [1.807, 2.05) is 24.5 Å². The summed E-state index contributed by atoms with van der Waals surface area (Å²) in [7, 11) is 0. The Bertz CT molecular complexity index is 822. The molecule has 0 bridgehead atoms. The van der Waals surface area contributed by atoms with Crippen molar-refractivity contribution < 1.29 is 19.1 Å². The number of thioether (sulfide) groups is 1. The van der Waals surface area contributed by atoms with Crippen LogP contribution in [-0.2, 0) is 16.1 Å². The summed E-state index contributed by atoms with van der Waals surface area (Å²) in [5, 5.41) is 9.44. The van der Waals surface area contributed by atoms with Gasteiger partial charge in [-0.05, 0) is 37.4 Å². The number of nitrogens with two attached hydrogens (primary N) is 1. The van der Waals surface area contributed by atoms with Crippen molar-refractivity contribution >= 4 is 40.0 Å². The number of esters is 2. The molecule has 1 heterocycles. The first-order chi connectivity index (χ1) is 12.0. The average molecular weight is 376 g/mol. The monoisotopic (exact) mass is 376 g/mol. The molecule has 0 amide bonds. The summed E-state index contributed by atoms with van der Waals surface area (Å²) in [5.74, 6) is -1.13. The van der Waals surface area contributed by atoms with Crippen LogP contribution in [0.3, 0.4) is 0 Å². The number of carbonyl (C=O) groups is 2. The van der Waals surface area contributed by atoms with Crippen LogP contribution in [0.25, 0.3) is 0 Å². The number of hydrogen-bond acceptors (Lipinski definition) is 8. The van der Waals surface area contributed by atoms with Gasteiger partial charge < -0.3 is 15.2 Å². The molecule has 2 N–H and O–H groups in total. The summed E-state index contributed by atoms with van der Waals surface area (Å²) in [6, 6.07) is 8.89. The number of nitrogens with zero attached hydrogens (tertiary/aromatic N) is 1. The van der Waals surface area contributed by atoms with Crippen LogP contribution >= 0.6 is 23.1 Å². The third-order valence-corrected chi connectivity index (χ3v) is 5.07. The van der Waals surface area contributed by atoms with Crippen LogP contribution in [0.1, 0.15) is 38.1 Å². The van der Waals surface area contributed by atoms with Crippen molar-refractivity contribution in [1.82, 2.24) is 0 Å². The molecule has 6 nitrogen and oxygen atoms in total. The zero-order chi connectivity index (χ0) is 18.4. The number of thiophene rings is 1. The first-order valence-electron chi connectivity index (χ1n) is 7.31. The van der Waals surface area contributed by atoms with Gasteiger partial charge in [-0.2, -0.15) is 5.26 Å². The van der Waals surface area contributed by atoms with Crippen LogP contribution in [-0.4, -0.2) is 24.8 Å². The molecule has 25 heavy (non-hydrogen) atoms. The number of ether oxygens (including phenoxy) is 2. The van der Waals surface area contributed by atoms with Crippen molar-refractivity contribution in [2.45, 2.75) is 18.4 Å². The van der Waals surface area contributed by atoms with E-state index in [0.29, 0.717) is 5.56 Å². The lowest BCUT2D eigenvalue weighted by Crippen LogP contribution is -2.10. The van der Waals surface area contributed by atoms with Crippen molar-refractivity contribution in [3.8, 4) is 6.07 Å². The maximum Gasteiger partial charge on any atom is 0.348 e. The lowest BCUT2D eigenvalue weighted by Gasteiger charge is -2.07. The fourth-order valence-electron chi connectivity index (χ4n) is 2.05. The first-order valence-corrected chi connectivity index (χ1v) is 9.35. The Morgan fingerprint density at radius 1 is 1.24 bits per heavy atom.